The summed E-state index contributed by atoms with van der Waals surface area (Å²) >= 11 is 1.35. The second-order valence-electron chi connectivity index (χ2n) is 5.69. The highest BCUT2D eigenvalue weighted by atomic mass is 32.1. The molecule has 0 bridgehead atoms. The van der Waals surface area contributed by atoms with Gasteiger partial charge < -0.3 is 0 Å². The Hall–Kier alpha value is -2.15. The lowest BCUT2D eigenvalue weighted by Gasteiger charge is -2.05. The van der Waals surface area contributed by atoms with E-state index in [0.717, 1.165) is 28.0 Å². The maximum absolute atomic E-state index is 4.71. The van der Waals surface area contributed by atoms with Crippen molar-refractivity contribution in [3.63, 3.8) is 0 Å². The Bertz CT molecular complexity index is 759. The summed E-state index contributed by atoms with van der Waals surface area (Å²) in [5.41, 5.74) is 0.949. The Morgan fingerprint density at radius 2 is 1.91 bits per heavy atom. The zero-order valence-electron chi connectivity index (χ0n) is 13.1. The Kier molecular flexibility index (Phi) is 3.98. The van der Waals surface area contributed by atoms with Gasteiger partial charge in [-0.1, -0.05) is 38.2 Å². The SMILES string of the molecule is CC(C)c1nc(-c2snnc2C(C)C)n(-c2ccccn2)n1. The Morgan fingerprint density at radius 3 is 2.55 bits per heavy atom. The molecule has 0 N–H and O–H groups in total. The summed E-state index contributed by atoms with van der Waals surface area (Å²) in [5.74, 6) is 2.84. The summed E-state index contributed by atoms with van der Waals surface area (Å²) in [4.78, 5) is 10.1. The molecule has 0 amide bonds. The van der Waals surface area contributed by atoms with Gasteiger partial charge in [0.2, 0.25) is 0 Å². The number of rotatable bonds is 4. The average Bonchev–Trinajstić information content (AvgIpc) is 3.14. The van der Waals surface area contributed by atoms with E-state index in [1.165, 1.54) is 11.5 Å². The molecule has 7 heteroatoms. The Labute approximate surface area is 133 Å². The molecule has 3 rings (SSSR count). The first-order valence-electron chi connectivity index (χ1n) is 7.29. The highest BCUT2D eigenvalue weighted by Gasteiger charge is 2.22. The summed E-state index contributed by atoms with van der Waals surface area (Å²) in [5, 5.41) is 8.88. The number of pyridine rings is 1. The zero-order chi connectivity index (χ0) is 15.7. The van der Waals surface area contributed by atoms with Gasteiger partial charge in [-0.3, -0.25) is 0 Å². The van der Waals surface area contributed by atoms with Gasteiger partial charge in [0, 0.05) is 12.1 Å². The molecule has 0 aliphatic rings. The smallest absolute Gasteiger partial charge is 0.178 e. The first-order valence-corrected chi connectivity index (χ1v) is 8.06. The fraction of sp³-hybridized carbons (Fsp3) is 0.400. The van der Waals surface area contributed by atoms with Crippen LogP contribution >= 0.6 is 11.5 Å². The molecule has 0 saturated carbocycles. The highest BCUT2D eigenvalue weighted by Crippen LogP contribution is 2.31. The third-order valence-electron chi connectivity index (χ3n) is 3.27. The lowest BCUT2D eigenvalue weighted by Crippen LogP contribution is -2.03. The number of nitrogens with zero attached hydrogens (tertiary/aromatic N) is 6. The zero-order valence-corrected chi connectivity index (χ0v) is 13.9. The van der Waals surface area contributed by atoms with Crippen LogP contribution in [0.1, 0.15) is 51.0 Å². The summed E-state index contributed by atoms with van der Waals surface area (Å²) in [6.45, 7) is 8.36. The Morgan fingerprint density at radius 1 is 1.09 bits per heavy atom. The summed E-state index contributed by atoms with van der Waals surface area (Å²) in [7, 11) is 0. The molecule has 0 aliphatic heterocycles. The molecule has 0 aliphatic carbocycles. The van der Waals surface area contributed by atoms with Gasteiger partial charge in [-0.2, -0.15) is 4.68 Å². The van der Waals surface area contributed by atoms with Crippen LogP contribution in [0.25, 0.3) is 16.5 Å². The van der Waals surface area contributed by atoms with Gasteiger partial charge in [0.25, 0.3) is 0 Å². The Balaban J connectivity index is 2.20. The maximum atomic E-state index is 4.71. The van der Waals surface area contributed by atoms with E-state index in [4.69, 9.17) is 4.98 Å². The largest absolute Gasteiger partial charge is 0.237 e. The highest BCUT2D eigenvalue weighted by molar-refractivity contribution is 7.09. The minimum atomic E-state index is 0.243. The standard InChI is InChI=1S/C15H18N6S/c1-9(2)12-13(22-20-18-12)15-17-14(10(3)4)19-21(15)11-7-5-6-8-16-11/h5-10H,1-4H3. The molecule has 0 atom stereocenters. The van der Waals surface area contributed by atoms with Crippen molar-refractivity contribution in [3.05, 3.63) is 35.9 Å². The second-order valence-corrected chi connectivity index (χ2v) is 6.44. The summed E-state index contributed by atoms with van der Waals surface area (Å²) in [6, 6.07) is 5.75. The van der Waals surface area contributed by atoms with Gasteiger partial charge in [-0.15, -0.1) is 10.2 Å². The van der Waals surface area contributed by atoms with E-state index in [1.54, 1.807) is 10.9 Å². The molecule has 3 aromatic heterocycles. The quantitative estimate of drug-likeness (QED) is 0.738. The van der Waals surface area contributed by atoms with E-state index >= 15 is 0 Å². The third kappa shape index (κ3) is 2.64. The van der Waals surface area contributed by atoms with Crippen molar-refractivity contribution in [2.45, 2.75) is 39.5 Å². The lowest BCUT2D eigenvalue weighted by molar-refractivity contribution is 0.747. The van der Waals surface area contributed by atoms with Crippen LogP contribution in [0.4, 0.5) is 0 Å². The first-order chi connectivity index (χ1) is 10.6. The van der Waals surface area contributed by atoms with E-state index in [2.05, 4.69) is 47.4 Å². The molecule has 0 saturated heterocycles. The topological polar surface area (TPSA) is 69.4 Å². The van der Waals surface area contributed by atoms with Crippen LogP contribution in [0, 0.1) is 0 Å². The van der Waals surface area contributed by atoms with Crippen molar-refractivity contribution in [2.24, 2.45) is 0 Å². The maximum Gasteiger partial charge on any atom is 0.178 e. The predicted molar refractivity (Wildman–Crippen MR) is 86.2 cm³/mol. The van der Waals surface area contributed by atoms with Crippen molar-refractivity contribution in [3.8, 4) is 16.5 Å². The van der Waals surface area contributed by atoms with Crippen molar-refractivity contribution in [1.29, 1.82) is 0 Å². The number of aromatic nitrogens is 6. The van der Waals surface area contributed by atoms with Crippen molar-refractivity contribution < 1.29 is 0 Å². The van der Waals surface area contributed by atoms with Gasteiger partial charge >= 0.3 is 0 Å². The van der Waals surface area contributed by atoms with Crippen LogP contribution in [0.3, 0.4) is 0 Å². The number of hydrogen-bond acceptors (Lipinski definition) is 6. The minimum Gasteiger partial charge on any atom is -0.237 e. The fourth-order valence-electron chi connectivity index (χ4n) is 2.09. The molecule has 3 aromatic rings. The molecule has 3 heterocycles. The van der Waals surface area contributed by atoms with Crippen LogP contribution in [0.2, 0.25) is 0 Å². The molecule has 0 radical (unpaired) electrons. The average molecular weight is 314 g/mol. The molecular weight excluding hydrogens is 296 g/mol. The third-order valence-corrected chi connectivity index (χ3v) is 4.01. The van der Waals surface area contributed by atoms with Gasteiger partial charge in [-0.25, -0.2) is 9.97 Å². The first kappa shape index (κ1) is 14.8. The predicted octanol–water partition coefficient (Wildman–Crippen LogP) is 3.43. The molecule has 0 spiro atoms. The summed E-state index contributed by atoms with van der Waals surface area (Å²) < 4.78 is 5.89. The molecule has 0 aromatic carbocycles. The van der Waals surface area contributed by atoms with Crippen LogP contribution in [-0.4, -0.2) is 29.3 Å². The molecular formula is C15H18N6S. The van der Waals surface area contributed by atoms with E-state index in [-0.39, 0.29) is 11.8 Å². The van der Waals surface area contributed by atoms with Gasteiger partial charge in [-0.05, 0) is 29.6 Å². The molecule has 0 unspecified atom stereocenters. The summed E-state index contributed by atoms with van der Waals surface area (Å²) in [6.07, 6.45) is 1.75. The fourth-order valence-corrected chi connectivity index (χ4v) is 2.88. The van der Waals surface area contributed by atoms with Gasteiger partial charge in [0.05, 0.1) is 5.69 Å². The lowest BCUT2D eigenvalue weighted by atomic mass is 10.1. The van der Waals surface area contributed by atoms with Gasteiger partial charge in [0.1, 0.15) is 4.88 Å². The monoisotopic (exact) mass is 314 g/mol. The van der Waals surface area contributed by atoms with E-state index in [1.807, 2.05) is 18.2 Å². The van der Waals surface area contributed by atoms with E-state index in [9.17, 15) is 0 Å². The van der Waals surface area contributed by atoms with Crippen molar-refractivity contribution >= 4 is 11.5 Å². The van der Waals surface area contributed by atoms with E-state index in [0.29, 0.717) is 0 Å². The molecule has 22 heavy (non-hydrogen) atoms. The van der Waals surface area contributed by atoms with Crippen LogP contribution < -0.4 is 0 Å². The van der Waals surface area contributed by atoms with Crippen LogP contribution in [-0.2, 0) is 0 Å². The second kappa shape index (κ2) is 5.92. The molecule has 0 fully saturated rings. The van der Waals surface area contributed by atoms with Crippen LogP contribution in [0.15, 0.2) is 24.4 Å². The van der Waals surface area contributed by atoms with Crippen molar-refractivity contribution in [2.75, 3.05) is 0 Å². The van der Waals surface area contributed by atoms with E-state index < -0.39 is 0 Å². The van der Waals surface area contributed by atoms with Gasteiger partial charge in [0.15, 0.2) is 17.5 Å². The minimum absolute atomic E-state index is 0.243. The van der Waals surface area contributed by atoms with Crippen molar-refractivity contribution in [1.82, 2.24) is 29.3 Å². The molecule has 114 valence electrons. The van der Waals surface area contributed by atoms with Crippen LogP contribution in [0.5, 0.6) is 0 Å². The molecule has 6 nitrogen and oxygen atoms in total. The number of hydrogen-bond donors (Lipinski definition) is 0. The normalized spacial score (nSPS) is 11.5.